The van der Waals surface area contributed by atoms with E-state index < -0.39 is 5.03 Å². The smallest absolute Gasteiger partial charge is 0.258 e. The van der Waals surface area contributed by atoms with E-state index in [1.807, 2.05) is 0 Å². The highest BCUT2D eigenvalue weighted by Crippen LogP contribution is 1.67. The summed E-state index contributed by atoms with van der Waals surface area (Å²) >= 11 is 0. The van der Waals surface area contributed by atoms with Gasteiger partial charge in [-0.1, -0.05) is 0 Å². The molecular weight excluding hydrogens is 114 g/mol. The average Bonchev–Trinajstić information content (AvgIpc) is 2.12. The van der Waals surface area contributed by atoms with Crippen molar-refractivity contribution in [3.8, 4) is 0 Å². The van der Waals surface area contributed by atoms with Gasteiger partial charge in [0, 0.05) is 10.1 Å². The maximum Gasteiger partial charge on any atom is 0.258 e. The minimum absolute atomic E-state index is 0.278. The molecule has 1 rings (SSSR count). The average molecular weight is 115 g/mol. The molecule has 0 unspecified atom stereocenters. The molecule has 1 heterocycles. The van der Waals surface area contributed by atoms with E-state index in [0.717, 1.165) is 6.33 Å². The summed E-state index contributed by atoms with van der Waals surface area (Å²) in [5.74, 6) is 0. The fraction of sp³-hybridized carbons (Fsp3) is 0. The molecule has 7 nitrogen and oxygen atoms in total. The summed E-state index contributed by atoms with van der Waals surface area (Å²) in [6.45, 7) is 0. The number of aromatic nitrogens is 4. The Kier molecular flexibility index (Phi) is 0.881. The van der Waals surface area contributed by atoms with Gasteiger partial charge in [0.2, 0.25) is 0 Å². The Morgan fingerprint density at radius 1 is 1.75 bits per heavy atom. The lowest BCUT2D eigenvalue weighted by Gasteiger charge is -1.83. The van der Waals surface area contributed by atoms with Crippen molar-refractivity contribution in [2.45, 2.75) is 0 Å². The van der Waals surface area contributed by atoms with Gasteiger partial charge in [0.05, 0.1) is 0 Å². The van der Waals surface area contributed by atoms with E-state index in [9.17, 15) is 10.1 Å². The van der Waals surface area contributed by atoms with Gasteiger partial charge in [0.15, 0.2) is 4.91 Å². The van der Waals surface area contributed by atoms with Gasteiger partial charge < -0.3 is 10.1 Å². The molecule has 0 radical (unpaired) electrons. The summed E-state index contributed by atoms with van der Waals surface area (Å²) in [6, 6.07) is 0. The van der Waals surface area contributed by atoms with Gasteiger partial charge in [0.25, 0.3) is 6.33 Å². The molecule has 1 aromatic heterocycles. The van der Waals surface area contributed by atoms with Crippen LogP contribution in [0.5, 0.6) is 0 Å². The summed E-state index contributed by atoms with van der Waals surface area (Å²) in [5.41, 5.74) is 0. The van der Waals surface area contributed by atoms with Crippen molar-refractivity contribution >= 4 is 0 Å². The zero-order chi connectivity index (χ0) is 5.98. The van der Waals surface area contributed by atoms with Crippen LogP contribution < -0.4 is 0 Å². The van der Waals surface area contributed by atoms with Crippen molar-refractivity contribution in [3.05, 3.63) is 16.4 Å². The number of hydrogen-bond acceptors (Lipinski definition) is 5. The quantitative estimate of drug-likeness (QED) is 0.335. The van der Waals surface area contributed by atoms with Crippen LogP contribution in [0.4, 0.5) is 0 Å². The third-order valence-corrected chi connectivity index (χ3v) is 0.484. The van der Waals surface area contributed by atoms with E-state index in [-0.39, 0.29) is 4.91 Å². The molecule has 7 heteroatoms. The molecule has 0 atom stereocenters. The standard InChI is InChI=1S/CHN5O2/c7-6(8)5-3-1-2-4-5/h1H. The first-order valence-electron chi connectivity index (χ1n) is 1.68. The first kappa shape index (κ1) is 4.62. The Morgan fingerprint density at radius 2 is 2.50 bits per heavy atom. The third-order valence-electron chi connectivity index (χ3n) is 0.484. The maximum atomic E-state index is 9.67. The van der Waals surface area contributed by atoms with Crippen molar-refractivity contribution in [2.75, 3.05) is 0 Å². The van der Waals surface area contributed by atoms with Gasteiger partial charge >= 0.3 is 0 Å². The van der Waals surface area contributed by atoms with E-state index in [1.165, 1.54) is 0 Å². The van der Waals surface area contributed by atoms with Crippen molar-refractivity contribution in [3.63, 3.8) is 0 Å². The molecule has 0 fully saturated rings. The second-order valence-corrected chi connectivity index (χ2v) is 0.942. The van der Waals surface area contributed by atoms with Crippen molar-refractivity contribution in [1.82, 2.24) is 20.3 Å². The normalized spacial score (nSPS) is 9.00. The van der Waals surface area contributed by atoms with Crippen LogP contribution in [0.15, 0.2) is 6.33 Å². The van der Waals surface area contributed by atoms with Crippen LogP contribution in [-0.2, 0) is 0 Å². The van der Waals surface area contributed by atoms with Crippen molar-refractivity contribution in [1.29, 1.82) is 0 Å². The molecule has 1 aromatic rings. The minimum Gasteiger partial charge on any atom is -0.372 e. The topological polar surface area (TPSA) is 86.7 Å². The molecule has 0 bridgehead atoms. The molecule has 0 aliphatic heterocycles. The summed E-state index contributed by atoms with van der Waals surface area (Å²) in [7, 11) is 0. The molecule has 8 heavy (non-hydrogen) atoms. The van der Waals surface area contributed by atoms with Crippen LogP contribution in [0.2, 0.25) is 0 Å². The van der Waals surface area contributed by atoms with Gasteiger partial charge in [-0.05, 0) is 5.10 Å². The van der Waals surface area contributed by atoms with Gasteiger partial charge in [-0.3, -0.25) is 0 Å². The number of hydrogen-bond donors (Lipinski definition) is 0. The molecule has 0 saturated carbocycles. The monoisotopic (exact) mass is 115 g/mol. The predicted molar refractivity (Wildman–Crippen MR) is 20.2 cm³/mol. The number of nitro groups is 1. The fourth-order valence-corrected chi connectivity index (χ4v) is 0.236. The molecule has 42 valence electrons. The molecule has 0 amide bonds. The molecule has 0 saturated heterocycles. The lowest BCUT2D eigenvalue weighted by atomic mass is 11.4. The highest BCUT2D eigenvalue weighted by molar-refractivity contribution is 4.28. The van der Waals surface area contributed by atoms with Crippen LogP contribution in [0.1, 0.15) is 0 Å². The summed E-state index contributed by atoms with van der Waals surface area (Å²) in [6.07, 6.45) is 0.989. The summed E-state index contributed by atoms with van der Waals surface area (Å²) in [4.78, 5) is 9.94. The molecular formula is CHN5O2. The Hall–Kier alpha value is -1.53. The van der Waals surface area contributed by atoms with E-state index >= 15 is 0 Å². The molecule has 0 aromatic carbocycles. The fourth-order valence-electron chi connectivity index (χ4n) is 0.236. The Balaban J connectivity index is 2.93. The summed E-state index contributed by atoms with van der Waals surface area (Å²) in [5, 5.41) is 18.1. The first-order valence-corrected chi connectivity index (χ1v) is 1.68. The van der Waals surface area contributed by atoms with Crippen molar-refractivity contribution < 1.29 is 5.03 Å². The molecule has 0 N–H and O–H groups in total. The van der Waals surface area contributed by atoms with Gasteiger partial charge in [-0.15, -0.1) is 0 Å². The molecule has 0 spiro atoms. The van der Waals surface area contributed by atoms with Crippen LogP contribution in [0.25, 0.3) is 0 Å². The summed E-state index contributed by atoms with van der Waals surface area (Å²) < 4.78 is 0. The number of nitrogens with zero attached hydrogens (tertiary/aromatic N) is 5. The van der Waals surface area contributed by atoms with Crippen LogP contribution in [0, 0.1) is 10.1 Å². The Morgan fingerprint density at radius 3 is 2.75 bits per heavy atom. The van der Waals surface area contributed by atoms with E-state index in [2.05, 4.69) is 15.4 Å². The van der Waals surface area contributed by atoms with Crippen LogP contribution >= 0.6 is 0 Å². The highest BCUT2D eigenvalue weighted by atomic mass is 16.7. The highest BCUT2D eigenvalue weighted by Gasteiger charge is 1.99. The van der Waals surface area contributed by atoms with E-state index in [4.69, 9.17) is 0 Å². The SMILES string of the molecule is O=[N+]([O-])n1ncnn1. The van der Waals surface area contributed by atoms with E-state index in [0.29, 0.717) is 0 Å². The Bertz CT molecular complexity index is 178. The first-order chi connectivity index (χ1) is 3.80. The third kappa shape index (κ3) is 0.600. The lowest BCUT2D eigenvalue weighted by Crippen LogP contribution is -2.11. The van der Waals surface area contributed by atoms with Gasteiger partial charge in [-0.2, -0.15) is 0 Å². The molecule has 0 aliphatic rings. The molecule has 0 aliphatic carbocycles. The lowest BCUT2D eigenvalue weighted by molar-refractivity contribution is -0.564. The largest absolute Gasteiger partial charge is 0.372 e. The zero-order valence-corrected chi connectivity index (χ0v) is 3.63. The van der Waals surface area contributed by atoms with Gasteiger partial charge in [0.1, 0.15) is 5.21 Å². The van der Waals surface area contributed by atoms with Crippen LogP contribution in [0.3, 0.4) is 0 Å². The predicted octanol–water partition coefficient (Wildman–Crippen LogP) is -1.29. The maximum absolute atomic E-state index is 9.67. The van der Waals surface area contributed by atoms with Crippen LogP contribution in [-0.4, -0.2) is 25.3 Å². The van der Waals surface area contributed by atoms with Gasteiger partial charge in [-0.25, -0.2) is 0 Å². The van der Waals surface area contributed by atoms with Crippen molar-refractivity contribution in [2.24, 2.45) is 0 Å². The van der Waals surface area contributed by atoms with E-state index in [1.54, 1.807) is 0 Å². The second-order valence-electron chi connectivity index (χ2n) is 0.942. The zero-order valence-electron chi connectivity index (χ0n) is 3.63. The minimum atomic E-state index is -0.785. The Labute approximate surface area is 43.0 Å². The second kappa shape index (κ2) is 1.52. The number of tetrazole rings is 1. The number of rotatable bonds is 1.